The number of hydrogen-bond donors (Lipinski definition) is 1. The highest BCUT2D eigenvalue weighted by molar-refractivity contribution is 7.89. The fourth-order valence-corrected chi connectivity index (χ4v) is 4.70. The smallest absolute Gasteiger partial charge is 0.239 e. The highest BCUT2D eigenvalue weighted by Crippen LogP contribution is 2.30. The Labute approximate surface area is 172 Å². The molecule has 0 spiro atoms. The summed E-state index contributed by atoms with van der Waals surface area (Å²) in [6, 6.07) is 10.6. The number of sulfonamides is 1. The van der Waals surface area contributed by atoms with Crippen molar-refractivity contribution in [2.24, 2.45) is 17.2 Å². The van der Waals surface area contributed by atoms with Crippen molar-refractivity contribution in [3.8, 4) is 17.0 Å². The van der Waals surface area contributed by atoms with Crippen LogP contribution in [0.15, 0.2) is 51.7 Å². The zero-order chi connectivity index (χ0) is 20.5. The highest BCUT2D eigenvalue weighted by Gasteiger charge is 2.15. The SMILES string of the molecule is CCOc1ccc(C)cc1/N=c1/scc(-c2ccc(Cl)c(S(N)(=O)=O)c2)n1C. The third kappa shape index (κ3) is 4.30. The highest BCUT2D eigenvalue weighted by atomic mass is 35.5. The van der Waals surface area contributed by atoms with Crippen molar-refractivity contribution in [2.75, 3.05) is 6.61 Å². The van der Waals surface area contributed by atoms with E-state index in [4.69, 9.17) is 26.5 Å². The summed E-state index contributed by atoms with van der Waals surface area (Å²) in [6.45, 7) is 4.47. The predicted molar refractivity (Wildman–Crippen MR) is 113 cm³/mol. The first kappa shape index (κ1) is 20.6. The maximum atomic E-state index is 11.8. The maximum absolute atomic E-state index is 11.8. The van der Waals surface area contributed by atoms with Crippen LogP contribution in [-0.4, -0.2) is 19.6 Å². The molecular formula is C19H20ClN3O3S2. The Hall–Kier alpha value is -2.13. The van der Waals surface area contributed by atoms with Gasteiger partial charge in [0.2, 0.25) is 10.0 Å². The average molecular weight is 438 g/mol. The van der Waals surface area contributed by atoms with Crippen LogP contribution in [0.5, 0.6) is 5.75 Å². The standard InChI is InChI=1S/C19H20ClN3O3S2/c1-4-26-17-8-5-12(2)9-15(17)22-19-23(3)16(11-27-19)13-6-7-14(20)18(10-13)28(21,24)25/h5-11H,4H2,1-3H3,(H2,21,24,25)/b22-19+. The van der Waals surface area contributed by atoms with Gasteiger partial charge in [-0.3, -0.25) is 0 Å². The van der Waals surface area contributed by atoms with E-state index in [1.807, 2.05) is 49.0 Å². The molecule has 0 fully saturated rings. The number of primary sulfonamides is 1. The number of aryl methyl sites for hydroxylation is 1. The zero-order valence-corrected chi connectivity index (χ0v) is 18.0. The molecule has 9 heteroatoms. The van der Waals surface area contributed by atoms with E-state index in [-0.39, 0.29) is 9.92 Å². The molecule has 3 aromatic rings. The molecule has 1 aromatic heterocycles. The molecular weight excluding hydrogens is 418 g/mol. The number of ether oxygens (including phenoxy) is 1. The first-order valence-electron chi connectivity index (χ1n) is 8.46. The van der Waals surface area contributed by atoms with Gasteiger partial charge in [-0.05, 0) is 43.7 Å². The van der Waals surface area contributed by atoms with Gasteiger partial charge in [-0.1, -0.05) is 23.7 Å². The molecule has 0 saturated carbocycles. The van der Waals surface area contributed by atoms with Gasteiger partial charge in [0.05, 0.1) is 17.3 Å². The van der Waals surface area contributed by atoms with Crippen LogP contribution in [0.25, 0.3) is 11.3 Å². The Balaban J connectivity index is 2.12. The number of benzene rings is 2. The van der Waals surface area contributed by atoms with Crippen molar-refractivity contribution in [2.45, 2.75) is 18.7 Å². The van der Waals surface area contributed by atoms with Crippen LogP contribution in [-0.2, 0) is 17.1 Å². The number of hydrogen-bond acceptors (Lipinski definition) is 5. The van der Waals surface area contributed by atoms with Gasteiger partial charge in [-0.2, -0.15) is 0 Å². The fraction of sp³-hybridized carbons (Fsp3) is 0.211. The van der Waals surface area contributed by atoms with Crippen LogP contribution in [0.1, 0.15) is 12.5 Å². The molecule has 0 aliphatic rings. The summed E-state index contributed by atoms with van der Waals surface area (Å²) in [5.74, 6) is 0.714. The molecule has 0 aliphatic heterocycles. The summed E-state index contributed by atoms with van der Waals surface area (Å²) < 4.78 is 31.1. The molecule has 0 bridgehead atoms. The molecule has 3 rings (SSSR count). The summed E-state index contributed by atoms with van der Waals surface area (Å²) in [6.07, 6.45) is 0. The summed E-state index contributed by atoms with van der Waals surface area (Å²) >= 11 is 7.43. The summed E-state index contributed by atoms with van der Waals surface area (Å²) in [5, 5.41) is 7.26. The lowest BCUT2D eigenvalue weighted by Gasteiger charge is -2.08. The van der Waals surface area contributed by atoms with E-state index >= 15 is 0 Å². The van der Waals surface area contributed by atoms with Crippen LogP contribution in [0.2, 0.25) is 5.02 Å². The molecule has 2 aromatic carbocycles. The van der Waals surface area contributed by atoms with Crippen molar-refractivity contribution >= 4 is 38.6 Å². The van der Waals surface area contributed by atoms with Crippen molar-refractivity contribution in [3.05, 3.63) is 57.2 Å². The van der Waals surface area contributed by atoms with Crippen molar-refractivity contribution in [1.29, 1.82) is 0 Å². The molecule has 0 aliphatic carbocycles. The molecule has 2 N–H and O–H groups in total. The summed E-state index contributed by atoms with van der Waals surface area (Å²) in [4.78, 5) is 5.38. The zero-order valence-electron chi connectivity index (χ0n) is 15.6. The monoisotopic (exact) mass is 437 g/mol. The van der Waals surface area contributed by atoms with Crippen LogP contribution < -0.4 is 14.7 Å². The molecule has 0 radical (unpaired) electrons. The minimum absolute atomic E-state index is 0.0927. The molecule has 28 heavy (non-hydrogen) atoms. The van der Waals surface area contributed by atoms with Gasteiger partial charge < -0.3 is 9.30 Å². The lowest BCUT2D eigenvalue weighted by atomic mass is 10.2. The fourth-order valence-electron chi connectivity index (χ4n) is 2.71. The molecule has 148 valence electrons. The van der Waals surface area contributed by atoms with E-state index in [2.05, 4.69) is 0 Å². The van der Waals surface area contributed by atoms with Gasteiger partial charge in [-0.25, -0.2) is 18.5 Å². The second kappa shape index (κ2) is 8.08. The Morgan fingerprint density at radius 1 is 1.25 bits per heavy atom. The van der Waals surface area contributed by atoms with E-state index in [1.54, 1.807) is 6.07 Å². The first-order valence-corrected chi connectivity index (χ1v) is 11.3. The minimum atomic E-state index is -3.91. The molecule has 0 amide bonds. The molecule has 0 unspecified atom stereocenters. The van der Waals surface area contributed by atoms with Crippen molar-refractivity contribution in [3.63, 3.8) is 0 Å². The van der Waals surface area contributed by atoms with Crippen LogP contribution >= 0.6 is 22.9 Å². The number of nitrogens with zero attached hydrogens (tertiary/aromatic N) is 2. The molecule has 0 atom stereocenters. The quantitative estimate of drug-likeness (QED) is 0.654. The normalized spacial score (nSPS) is 12.4. The second-order valence-electron chi connectivity index (χ2n) is 6.17. The van der Waals surface area contributed by atoms with Crippen LogP contribution in [0, 0.1) is 6.92 Å². The summed E-state index contributed by atoms with van der Waals surface area (Å²) in [5.41, 5.74) is 3.31. The Morgan fingerprint density at radius 3 is 2.68 bits per heavy atom. The van der Waals surface area contributed by atoms with Gasteiger partial charge in [0.25, 0.3) is 0 Å². The predicted octanol–water partition coefficient (Wildman–Crippen LogP) is 3.99. The lowest BCUT2D eigenvalue weighted by molar-refractivity contribution is 0.341. The largest absolute Gasteiger partial charge is 0.492 e. The van der Waals surface area contributed by atoms with Gasteiger partial charge >= 0.3 is 0 Å². The van der Waals surface area contributed by atoms with E-state index < -0.39 is 10.0 Å². The molecule has 6 nitrogen and oxygen atoms in total. The number of nitrogens with two attached hydrogens (primary N) is 1. The number of halogens is 1. The summed E-state index contributed by atoms with van der Waals surface area (Å²) in [7, 11) is -2.05. The van der Waals surface area contributed by atoms with Gasteiger partial charge in [0.15, 0.2) is 4.80 Å². The van der Waals surface area contributed by atoms with Crippen molar-refractivity contribution < 1.29 is 13.2 Å². The van der Waals surface area contributed by atoms with E-state index in [1.165, 1.54) is 23.5 Å². The van der Waals surface area contributed by atoms with Gasteiger partial charge in [-0.15, -0.1) is 11.3 Å². The van der Waals surface area contributed by atoms with E-state index in [9.17, 15) is 8.42 Å². The van der Waals surface area contributed by atoms with Crippen molar-refractivity contribution in [1.82, 2.24) is 4.57 Å². The lowest BCUT2D eigenvalue weighted by Crippen LogP contribution is -2.14. The van der Waals surface area contributed by atoms with Gasteiger partial charge in [0, 0.05) is 18.0 Å². The van der Waals surface area contributed by atoms with Crippen LogP contribution in [0.3, 0.4) is 0 Å². The maximum Gasteiger partial charge on any atom is 0.239 e. The molecule has 1 heterocycles. The van der Waals surface area contributed by atoms with Gasteiger partial charge in [0.1, 0.15) is 16.3 Å². The Bertz CT molecular complexity index is 1200. The second-order valence-corrected chi connectivity index (χ2v) is 8.94. The first-order chi connectivity index (χ1) is 13.2. The third-order valence-electron chi connectivity index (χ3n) is 4.09. The number of aromatic nitrogens is 1. The van der Waals surface area contributed by atoms with E-state index in [0.29, 0.717) is 17.9 Å². The average Bonchev–Trinajstić information content (AvgIpc) is 2.98. The van der Waals surface area contributed by atoms with Crippen LogP contribution in [0.4, 0.5) is 5.69 Å². The topological polar surface area (TPSA) is 86.7 Å². The number of thiazole rings is 1. The Kier molecular flexibility index (Phi) is 5.95. The Morgan fingerprint density at radius 2 is 2.00 bits per heavy atom. The molecule has 0 saturated heterocycles. The van der Waals surface area contributed by atoms with E-state index in [0.717, 1.165) is 21.7 Å². The third-order valence-corrected chi connectivity index (χ3v) is 6.40. The minimum Gasteiger partial charge on any atom is -0.492 e. The number of rotatable bonds is 5.